The number of nitro groups is 1. The molecule has 0 saturated carbocycles. The molecule has 118 valence electrons. The molecule has 24 heavy (non-hydrogen) atoms. The molecule has 0 N–H and O–H groups in total. The lowest BCUT2D eigenvalue weighted by Gasteiger charge is -2.04. The zero-order valence-corrected chi connectivity index (χ0v) is 12.4. The third-order valence-electron chi connectivity index (χ3n) is 3.32. The molecule has 0 bridgehead atoms. The topological polar surface area (TPSA) is 95.9 Å². The van der Waals surface area contributed by atoms with Gasteiger partial charge in [0.05, 0.1) is 10.0 Å². The lowest BCUT2D eigenvalue weighted by atomic mass is 10.2. The Labute approximate surface area is 137 Å². The summed E-state index contributed by atoms with van der Waals surface area (Å²) in [5, 5.41) is 30.6. The summed E-state index contributed by atoms with van der Waals surface area (Å²) in [5.74, 6) is 0.132. The highest BCUT2D eigenvalue weighted by molar-refractivity contribution is 5.66. The summed E-state index contributed by atoms with van der Waals surface area (Å²) in [6, 6.07) is 15.3. The fraction of sp³-hybridized carbons (Fsp3) is 0. The zero-order valence-electron chi connectivity index (χ0n) is 12.4. The molecule has 1 aromatic heterocycles. The molecule has 0 radical (unpaired) electrons. The van der Waals surface area contributed by atoms with Crippen LogP contribution in [0.4, 0.5) is 5.69 Å². The van der Waals surface area contributed by atoms with Gasteiger partial charge in [-0.2, -0.15) is 0 Å². The Morgan fingerprint density at radius 1 is 0.958 bits per heavy atom. The van der Waals surface area contributed by atoms with Crippen LogP contribution < -0.4 is 4.73 Å². The van der Waals surface area contributed by atoms with Crippen molar-refractivity contribution in [2.45, 2.75) is 0 Å². The summed E-state index contributed by atoms with van der Waals surface area (Å²) < 4.78 is 0.636. The number of nitro benzene ring substituents is 1. The fourth-order valence-corrected chi connectivity index (χ4v) is 2.08. The zero-order chi connectivity index (χ0) is 16.9. The van der Waals surface area contributed by atoms with Gasteiger partial charge in [-0.25, -0.2) is 4.73 Å². The summed E-state index contributed by atoms with van der Waals surface area (Å²) in [6.45, 7) is 0. The van der Waals surface area contributed by atoms with Gasteiger partial charge in [-0.3, -0.25) is 10.1 Å². The van der Waals surface area contributed by atoms with Gasteiger partial charge in [0.1, 0.15) is 6.20 Å². The molecule has 7 nitrogen and oxygen atoms in total. The second-order valence-electron chi connectivity index (χ2n) is 4.95. The van der Waals surface area contributed by atoms with Crippen LogP contribution in [0.2, 0.25) is 0 Å². The number of benzene rings is 2. The molecular weight excluding hydrogens is 308 g/mol. The first kappa shape index (κ1) is 15.3. The SMILES string of the molecule is O=[N+]([O-])c1ccc(/C=C/c2nnc(-c3ccccc3)c[n+]2[O-])cc1. The van der Waals surface area contributed by atoms with Gasteiger partial charge < -0.3 is 5.21 Å². The van der Waals surface area contributed by atoms with E-state index in [-0.39, 0.29) is 11.5 Å². The Balaban J connectivity index is 1.81. The first-order chi connectivity index (χ1) is 11.6. The summed E-state index contributed by atoms with van der Waals surface area (Å²) in [5.41, 5.74) is 2.02. The quantitative estimate of drug-likeness (QED) is 0.319. The molecule has 3 aromatic rings. The van der Waals surface area contributed by atoms with Gasteiger partial charge >= 0.3 is 5.82 Å². The van der Waals surface area contributed by atoms with E-state index in [0.717, 1.165) is 11.1 Å². The van der Waals surface area contributed by atoms with Crippen LogP contribution in [0, 0.1) is 15.3 Å². The second-order valence-corrected chi connectivity index (χ2v) is 4.95. The molecule has 3 rings (SSSR count). The van der Waals surface area contributed by atoms with E-state index in [4.69, 9.17) is 0 Å². The highest BCUT2D eigenvalue weighted by atomic mass is 16.6. The van der Waals surface area contributed by atoms with E-state index >= 15 is 0 Å². The lowest BCUT2D eigenvalue weighted by Crippen LogP contribution is -2.31. The minimum absolute atomic E-state index is 0.0121. The molecule has 0 aliphatic heterocycles. The van der Waals surface area contributed by atoms with Crippen LogP contribution >= 0.6 is 0 Å². The van der Waals surface area contributed by atoms with Crippen molar-refractivity contribution < 1.29 is 9.65 Å². The van der Waals surface area contributed by atoms with Gasteiger partial charge in [-0.15, -0.1) is 0 Å². The smallest absolute Gasteiger partial charge is 0.353 e. The van der Waals surface area contributed by atoms with E-state index < -0.39 is 4.92 Å². The Morgan fingerprint density at radius 3 is 2.29 bits per heavy atom. The Morgan fingerprint density at radius 2 is 1.67 bits per heavy atom. The van der Waals surface area contributed by atoms with Crippen LogP contribution in [0.3, 0.4) is 0 Å². The Bertz CT molecular complexity index is 893. The summed E-state index contributed by atoms with van der Waals surface area (Å²) >= 11 is 0. The standard InChI is InChI=1S/C17H12N4O3/c22-20-12-16(14-4-2-1-3-5-14)18-19-17(20)11-8-13-6-9-15(10-7-13)21(23)24/h1-12H/b11-8+. The van der Waals surface area contributed by atoms with Crippen molar-refractivity contribution >= 4 is 17.8 Å². The Kier molecular flexibility index (Phi) is 4.24. The monoisotopic (exact) mass is 320 g/mol. The molecular formula is C17H12N4O3. The predicted octanol–water partition coefficient (Wildman–Crippen LogP) is 2.86. The van der Waals surface area contributed by atoms with Crippen molar-refractivity contribution in [1.29, 1.82) is 0 Å². The van der Waals surface area contributed by atoms with E-state index in [1.807, 2.05) is 30.3 Å². The van der Waals surface area contributed by atoms with Crippen LogP contribution in [-0.2, 0) is 0 Å². The van der Waals surface area contributed by atoms with E-state index in [2.05, 4.69) is 10.2 Å². The van der Waals surface area contributed by atoms with E-state index in [9.17, 15) is 15.3 Å². The van der Waals surface area contributed by atoms with Crippen molar-refractivity contribution in [1.82, 2.24) is 10.2 Å². The Hall–Kier alpha value is -3.61. The average Bonchev–Trinajstić information content (AvgIpc) is 2.62. The molecule has 0 atom stereocenters. The first-order valence-corrected chi connectivity index (χ1v) is 7.08. The van der Waals surface area contributed by atoms with Gasteiger partial charge in [-0.1, -0.05) is 30.3 Å². The first-order valence-electron chi connectivity index (χ1n) is 7.08. The van der Waals surface area contributed by atoms with Crippen LogP contribution in [0.25, 0.3) is 23.4 Å². The van der Waals surface area contributed by atoms with Crippen LogP contribution in [0.5, 0.6) is 0 Å². The van der Waals surface area contributed by atoms with Gasteiger partial charge in [-0.05, 0) is 28.9 Å². The van der Waals surface area contributed by atoms with E-state index in [1.165, 1.54) is 24.4 Å². The molecule has 0 aliphatic rings. The third kappa shape index (κ3) is 3.41. The number of hydrogen-bond donors (Lipinski definition) is 0. The maximum Gasteiger partial charge on any atom is 0.353 e. The summed E-state index contributed by atoms with van der Waals surface area (Å²) in [4.78, 5) is 10.1. The largest absolute Gasteiger partial charge is 0.710 e. The summed E-state index contributed by atoms with van der Waals surface area (Å²) in [6.07, 6.45) is 4.51. The molecule has 0 amide bonds. The second kappa shape index (κ2) is 6.66. The van der Waals surface area contributed by atoms with Gasteiger partial charge in [0.15, 0.2) is 5.69 Å². The van der Waals surface area contributed by atoms with Crippen molar-refractivity contribution in [3.63, 3.8) is 0 Å². The van der Waals surface area contributed by atoms with Crippen molar-refractivity contribution in [3.8, 4) is 11.3 Å². The molecule has 7 heteroatoms. The summed E-state index contributed by atoms with van der Waals surface area (Å²) in [7, 11) is 0. The molecule has 0 unspecified atom stereocenters. The minimum atomic E-state index is -0.465. The van der Waals surface area contributed by atoms with Crippen LogP contribution in [-0.4, -0.2) is 15.1 Å². The molecule has 0 aliphatic carbocycles. The van der Waals surface area contributed by atoms with Crippen LogP contribution in [0.1, 0.15) is 11.4 Å². The normalized spacial score (nSPS) is 10.8. The van der Waals surface area contributed by atoms with Crippen molar-refractivity contribution in [2.24, 2.45) is 0 Å². The van der Waals surface area contributed by atoms with E-state index in [0.29, 0.717) is 10.4 Å². The number of non-ortho nitro benzene ring substituents is 1. The lowest BCUT2D eigenvalue weighted by molar-refractivity contribution is -0.611. The maximum atomic E-state index is 12.1. The highest BCUT2D eigenvalue weighted by Gasteiger charge is 2.09. The van der Waals surface area contributed by atoms with Gasteiger partial charge in [0.25, 0.3) is 5.69 Å². The predicted molar refractivity (Wildman–Crippen MR) is 88.5 cm³/mol. The highest BCUT2D eigenvalue weighted by Crippen LogP contribution is 2.15. The molecule has 0 spiro atoms. The number of hydrogen-bond acceptors (Lipinski definition) is 5. The van der Waals surface area contributed by atoms with Gasteiger partial charge in [0.2, 0.25) is 0 Å². The number of rotatable bonds is 4. The van der Waals surface area contributed by atoms with Crippen molar-refractivity contribution in [3.05, 3.63) is 87.5 Å². The van der Waals surface area contributed by atoms with E-state index in [1.54, 1.807) is 18.2 Å². The van der Waals surface area contributed by atoms with Crippen molar-refractivity contribution in [2.75, 3.05) is 0 Å². The van der Waals surface area contributed by atoms with Crippen LogP contribution in [0.15, 0.2) is 60.8 Å². The average molecular weight is 320 g/mol. The molecule has 0 fully saturated rings. The number of aromatic nitrogens is 3. The third-order valence-corrected chi connectivity index (χ3v) is 3.32. The molecule has 1 heterocycles. The maximum absolute atomic E-state index is 12.1. The minimum Gasteiger partial charge on any atom is -0.710 e. The molecule has 2 aromatic carbocycles. The van der Waals surface area contributed by atoms with Gasteiger partial charge in [0, 0.05) is 23.8 Å². The molecule has 0 saturated heterocycles. The fourth-order valence-electron chi connectivity index (χ4n) is 2.08. The number of nitrogens with zero attached hydrogens (tertiary/aromatic N) is 4.